The molecule has 114 valence electrons. The second-order valence-corrected chi connectivity index (χ2v) is 7.56. The Morgan fingerprint density at radius 3 is 2.75 bits per heavy atom. The van der Waals surface area contributed by atoms with Crippen molar-refractivity contribution < 1.29 is 12.8 Å². The average Bonchev–Trinajstić information content (AvgIpc) is 2.81. The number of rotatable bonds is 4. The fourth-order valence-corrected chi connectivity index (χ4v) is 4.38. The molecule has 0 aliphatic carbocycles. The highest BCUT2D eigenvalue weighted by Gasteiger charge is 2.33. The van der Waals surface area contributed by atoms with Gasteiger partial charge in [0.05, 0.1) is 5.88 Å². The highest BCUT2D eigenvalue weighted by atomic mass is 35.5. The summed E-state index contributed by atoms with van der Waals surface area (Å²) in [6, 6.07) is 1.80. The molecule has 20 heavy (non-hydrogen) atoms. The van der Waals surface area contributed by atoms with Crippen LogP contribution in [0.5, 0.6) is 0 Å². The van der Waals surface area contributed by atoms with E-state index in [-0.39, 0.29) is 16.8 Å². The standard InChI is InChI=1S/C13H21ClN2O3S/c1-10-13(7-12(8-14)19-10)20(17,18)16-6-4-5-11(9-16)15(2)3/h7,11H,4-6,8-9H2,1-3H3. The number of halogens is 1. The molecule has 1 aromatic heterocycles. The molecular formula is C13H21ClN2O3S. The van der Waals surface area contributed by atoms with E-state index in [9.17, 15) is 8.42 Å². The maximum Gasteiger partial charge on any atom is 0.246 e. The average molecular weight is 321 g/mol. The molecule has 1 unspecified atom stereocenters. The topological polar surface area (TPSA) is 53.8 Å². The van der Waals surface area contributed by atoms with Gasteiger partial charge >= 0.3 is 0 Å². The van der Waals surface area contributed by atoms with Crippen molar-refractivity contribution in [2.45, 2.75) is 36.6 Å². The zero-order valence-electron chi connectivity index (χ0n) is 12.1. The second-order valence-electron chi connectivity index (χ2n) is 5.39. The Hall–Kier alpha value is -0.560. The Labute approximate surface area is 125 Å². The summed E-state index contributed by atoms with van der Waals surface area (Å²) in [6.07, 6.45) is 1.90. The van der Waals surface area contributed by atoms with E-state index in [0.29, 0.717) is 24.6 Å². The van der Waals surface area contributed by atoms with Gasteiger partial charge in [0.2, 0.25) is 10.0 Å². The van der Waals surface area contributed by atoms with Gasteiger partial charge in [-0.1, -0.05) is 0 Å². The predicted octanol–water partition coefficient (Wildman–Crippen LogP) is 2.04. The van der Waals surface area contributed by atoms with Crippen LogP contribution >= 0.6 is 11.6 Å². The molecule has 5 nitrogen and oxygen atoms in total. The zero-order valence-corrected chi connectivity index (χ0v) is 13.7. The molecule has 1 aliphatic heterocycles. The molecule has 0 saturated carbocycles. The predicted molar refractivity (Wildman–Crippen MR) is 78.5 cm³/mol. The number of alkyl halides is 1. The van der Waals surface area contributed by atoms with Gasteiger partial charge in [-0.15, -0.1) is 11.6 Å². The lowest BCUT2D eigenvalue weighted by molar-refractivity contribution is 0.190. The van der Waals surface area contributed by atoms with Gasteiger partial charge in [0.1, 0.15) is 16.4 Å². The van der Waals surface area contributed by atoms with Crippen LogP contribution < -0.4 is 0 Å². The van der Waals surface area contributed by atoms with Crippen molar-refractivity contribution >= 4 is 21.6 Å². The molecular weight excluding hydrogens is 300 g/mol. The number of likely N-dealkylation sites (N-methyl/N-ethyl adjacent to an activating group) is 1. The van der Waals surface area contributed by atoms with Gasteiger partial charge in [-0.2, -0.15) is 4.31 Å². The summed E-state index contributed by atoms with van der Waals surface area (Å²) in [7, 11) is 0.469. The minimum Gasteiger partial charge on any atom is -0.464 e. The number of piperidine rings is 1. The molecule has 7 heteroatoms. The Balaban J connectivity index is 2.27. The van der Waals surface area contributed by atoms with E-state index < -0.39 is 10.0 Å². The fraction of sp³-hybridized carbons (Fsp3) is 0.692. The number of furan rings is 1. The third-order valence-corrected chi connectivity index (χ3v) is 6.00. The molecule has 1 saturated heterocycles. The van der Waals surface area contributed by atoms with Crippen LogP contribution in [-0.4, -0.2) is 50.8 Å². The number of aryl methyl sites for hydroxylation is 1. The summed E-state index contributed by atoms with van der Waals surface area (Å²) < 4.78 is 32.3. The van der Waals surface area contributed by atoms with Crippen LogP contribution in [0.4, 0.5) is 0 Å². The highest BCUT2D eigenvalue weighted by Crippen LogP contribution is 2.27. The van der Waals surface area contributed by atoms with Crippen molar-refractivity contribution in [1.29, 1.82) is 0 Å². The minimum atomic E-state index is -3.49. The van der Waals surface area contributed by atoms with Gasteiger partial charge < -0.3 is 9.32 Å². The first-order valence-corrected chi connectivity index (χ1v) is 8.65. The van der Waals surface area contributed by atoms with E-state index in [1.807, 2.05) is 14.1 Å². The van der Waals surface area contributed by atoms with Crippen molar-refractivity contribution in [3.8, 4) is 0 Å². The van der Waals surface area contributed by atoms with Gasteiger partial charge in [0.15, 0.2) is 0 Å². The van der Waals surface area contributed by atoms with Gasteiger partial charge in [-0.05, 0) is 33.9 Å². The fourth-order valence-electron chi connectivity index (χ4n) is 2.55. The van der Waals surface area contributed by atoms with Crippen LogP contribution in [0, 0.1) is 6.92 Å². The zero-order chi connectivity index (χ0) is 14.9. The summed E-state index contributed by atoms with van der Waals surface area (Å²) in [5, 5.41) is 0. The van der Waals surface area contributed by atoms with Gasteiger partial charge in [-0.3, -0.25) is 0 Å². The molecule has 2 heterocycles. The van der Waals surface area contributed by atoms with Crippen molar-refractivity contribution in [3.63, 3.8) is 0 Å². The number of hydrogen-bond acceptors (Lipinski definition) is 4. The van der Waals surface area contributed by atoms with Crippen LogP contribution in [0.1, 0.15) is 24.4 Å². The van der Waals surface area contributed by atoms with Crippen molar-refractivity contribution in [3.05, 3.63) is 17.6 Å². The Morgan fingerprint density at radius 1 is 1.50 bits per heavy atom. The SMILES string of the molecule is Cc1oc(CCl)cc1S(=O)(=O)N1CCCC(N(C)C)C1. The van der Waals surface area contributed by atoms with Crippen molar-refractivity contribution in [2.24, 2.45) is 0 Å². The van der Waals surface area contributed by atoms with Crippen LogP contribution in [0.2, 0.25) is 0 Å². The Kier molecular flexibility index (Phi) is 4.79. The molecule has 0 aromatic carbocycles. The molecule has 1 aromatic rings. The van der Waals surface area contributed by atoms with E-state index in [1.54, 1.807) is 11.2 Å². The molecule has 1 aliphatic rings. The normalized spacial score (nSPS) is 21.6. The lowest BCUT2D eigenvalue weighted by Gasteiger charge is -2.35. The first-order valence-electron chi connectivity index (χ1n) is 6.68. The molecule has 0 radical (unpaired) electrons. The summed E-state index contributed by atoms with van der Waals surface area (Å²) in [4.78, 5) is 2.32. The molecule has 2 rings (SSSR count). The van der Waals surface area contributed by atoms with E-state index in [1.165, 1.54) is 6.07 Å². The Bertz CT molecular complexity index is 568. The number of sulfonamides is 1. The monoisotopic (exact) mass is 320 g/mol. The third kappa shape index (κ3) is 3.03. The summed E-state index contributed by atoms with van der Waals surface area (Å²) in [5.41, 5.74) is 0. The molecule has 1 fully saturated rings. The van der Waals surface area contributed by atoms with Crippen molar-refractivity contribution in [1.82, 2.24) is 9.21 Å². The molecule has 1 atom stereocenters. The lowest BCUT2D eigenvalue weighted by Crippen LogP contribution is -2.47. The van der Waals surface area contributed by atoms with Crippen LogP contribution in [0.3, 0.4) is 0 Å². The van der Waals surface area contributed by atoms with Crippen LogP contribution in [0.15, 0.2) is 15.4 Å². The summed E-state index contributed by atoms with van der Waals surface area (Å²) in [5.74, 6) is 1.08. The number of hydrogen-bond donors (Lipinski definition) is 0. The molecule has 0 amide bonds. The minimum absolute atomic E-state index is 0.177. The first kappa shape index (κ1) is 15.8. The smallest absolute Gasteiger partial charge is 0.246 e. The molecule has 0 N–H and O–H groups in total. The largest absolute Gasteiger partial charge is 0.464 e. The summed E-state index contributed by atoms with van der Waals surface area (Å²) in [6.45, 7) is 2.75. The quantitative estimate of drug-likeness (QED) is 0.797. The van der Waals surface area contributed by atoms with Crippen LogP contribution in [-0.2, 0) is 15.9 Å². The van der Waals surface area contributed by atoms with Gasteiger partial charge in [0.25, 0.3) is 0 Å². The van der Waals surface area contributed by atoms with Gasteiger partial charge in [0, 0.05) is 25.2 Å². The van der Waals surface area contributed by atoms with Crippen molar-refractivity contribution in [2.75, 3.05) is 27.2 Å². The molecule has 0 spiro atoms. The third-order valence-electron chi connectivity index (χ3n) is 3.76. The molecule has 0 bridgehead atoms. The van der Waals surface area contributed by atoms with E-state index in [0.717, 1.165) is 12.8 Å². The maximum atomic E-state index is 12.7. The van der Waals surface area contributed by atoms with E-state index in [2.05, 4.69) is 4.90 Å². The van der Waals surface area contributed by atoms with Crippen LogP contribution in [0.25, 0.3) is 0 Å². The highest BCUT2D eigenvalue weighted by molar-refractivity contribution is 7.89. The second kappa shape index (κ2) is 6.05. The lowest BCUT2D eigenvalue weighted by atomic mass is 10.1. The first-order chi connectivity index (χ1) is 9.36. The Morgan fingerprint density at radius 2 is 2.20 bits per heavy atom. The van der Waals surface area contributed by atoms with E-state index in [4.69, 9.17) is 16.0 Å². The maximum absolute atomic E-state index is 12.7. The van der Waals surface area contributed by atoms with Gasteiger partial charge in [-0.25, -0.2) is 8.42 Å². The van der Waals surface area contributed by atoms with E-state index >= 15 is 0 Å². The summed E-state index contributed by atoms with van der Waals surface area (Å²) >= 11 is 5.70. The number of nitrogens with zero attached hydrogens (tertiary/aromatic N) is 2.